The van der Waals surface area contributed by atoms with Gasteiger partial charge < -0.3 is 28.7 Å². The van der Waals surface area contributed by atoms with Crippen molar-refractivity contribution in [2.24, 2.45) is 0 Å². The molecule has 0 saturated carbocycles. The fraction of sp³-hybridized carbons (Fsp3) is 0.148. The highest BCUT2D eigenvalue weighted by Crippen LogP contribution is 2.34. The lowest BCUT2D eigenvalue weighted by Crippen LogP contribution is -2.26. The second kappa shape index (κ2) is 10.2. The summed E-state index contributed by atoms with van der Waals surface area (Å²) in [7, 11) is 5.61. The smallest absolute Gasteiger partial charge is 0.340 e. The number of nitrogens with one attached hydrogen (secondary N) is 1. The molecule has 0 unspecified atom stereocenters. The molecular formula is C27H24N2O7. The molecule has 0 spiro atoms. The number of hydrogen-bond donors (Lipinski definition) is 1. The van der Waals surface area contributed by atoms with Crippen LogP contribution in [-0.4, -0.2) is 50.5 Å². The van der Waals surface area contributed by atoms with Crippen LogP contribution in [0.25, 0.3) is 16.6 Å². The van der Waals surface area contributed by atoms with Crippen LogP contribution in [0.1, 0.15) is 20.8 Å². The minimum atomic E-state index is -0.939. The lowest BCUT2D eigenvalue weighted by atomic mass is 10.0. The fourth-order valence-electron chi connectivity index (χ4n) is 3.89. The summed E-state index contributed by atoms with van der Waals surface area (Å²) in [5.74, 6) is -1.26. The minimum absolute atomic E-state index is 0.00620. The van der Waals surface area contributed by atoms with Crippen molar-refractivity contribution in [3.8, 4) is 28.4 Å². The average Bonchev–Trinajstić information content (AvgIpc) is 3.31. The van der Waals surface area contributed by atoms with E-state index in [4.69, 9.17) is 18.9 Å². The molecule has 2 aromatic heterocycles. The van der Waals surface area contributed by atoms with Gasteiger partial charge in [0.15, 0.2) is 11.5 Å². The predicted octanol–water partition coefficient (Wildman–Crippen LogP) is 4.24. The Bertz CT molecular complexity index is 1460. The van der Waals surface area contributed by atoms with Crippen LogP contribution in [-0.2, 0) is 9.53 Å². The molecule has 1 amide bonds. The van der Waals surface area contributed by atoms with Crippen molar-refractivity contribution in [2.45, 2.75) is 0 Å². The molecular weight excluding hydrogens is 464 g/mol. The predicted molar refractivity (Wildman–Crippen MR) is 133 cm³/mol. The number of hydrogen-bond acceptors (Lipinski definition) is 7. The van der Waals surface area contributed by atoms with Crippen molar-refractivity contribution in [3.63, 3.8) is 0 Å². The van der Waals surface area contributed by atoms with Crippen LogP contribution in [0.2, 0.25) is 0 Å². The van der Waals surface area contributed by atoms with Crippen LogP contribution >= 0.6 is 0 Å². The second-order valence-electron chi connectivity index (χ2n) is 7.66. The number of fused-ring (bicyclic) bond motifs is 1. The molecule has 0 aliphatic heterocycles. The third kappa shape index (κ3) is 4.46. The second-order valence-corrected chi connectivity index (χ2v) is 7.66. The molecule has 0 atom stereocenters. The van der Waals surface area contributed by atoms with Crippen LogP contribution in [0.3, 0.4) is 0 Å². The number of anilines is 1. The third-order valence-electron chi connectivity index (χ3n) is 5.68. The van der Waals surface area contributed by atoms with Crippen LogP contribution in [0.15, 0.2) is 66.9 Å². The summed E-state index contributed by atoms with van der Waals surface area (Å²) in [5.41, 5.74) is 2.27. The van der Waals surface area contributed by atoms with E-state index >= 15 is 0 Å². The topological polar surface area (TPSA) is 105 Å². The van der Waals surface area contributed by atoms with E-state index in [0.717, 1.165) is 11.1 Å². The Kier molecular flexibility index (Phi) is 6.91. The van der Waals surface area contributed by atoms with Crippen LogP contribution in [0, 0.1) is 0 Å². The highest BCUT2D eigenvalue weighted by Gasteiger charge is 2.27. The van der Waals surface area contributed by atoms with Gasteiger partial charge >= 0.3 is 5.97 Å². The summed E-state index contributed by atoms with van der Waals surface area (Å²) in [6.45, 7) is 0. The molecule has 0 radical (unpaired) electrons. The normalized spacial score (nSPS) is 10.6. The number of ether oxygens (including phenoxy) is 4. The Morgan fingerprint density at radius 1 is 0.806 bits per heavy atom. The molecule has 2 heterocycles. The van der Waals surface area contributed by atoms with Gasteiger partial charge in [-0.25, -0.2) is 4.79 Å². The molecule has 2 aromatic carbocycles. The monoisotopic (exact) mass is 488 g/mol. The SMILES string of the molecule is COC(=O)c1cc(OC)c(OC)cc1NC(=O)C(=O)c1c(-c2ccc(OC)cc2)cc2ccccn12. The molecule has 1 N–H and O–H groups in total. The number of methoxy groups -OCH3 is 4. The molecule has 36 heavy (non-hydrogen) atoms. The molecule has 9 nitrogen and oxygen atoms in total. The summed E-state index contributed by atoms with van der Waals surface area (Å²) in [6.07, 6.45) is 1.71. The van der Waals surface area contributed by atoms with Crippen LogP contribution < -0.4 is 19.5 Å². The van der Waals surface area contributed by atoms with E-state index in [1.165, 1.54) is 33.5 Å². The average molecular weight is 488 g/mol. The first-order valence-electron chi connectivity index (χ1n) is 10.9. The van der Waals surface area contributed by atoms with Gasteiger partial charge in [-0.3, -0.25) is 9.59 Å². The van der Waals surface area contributed by atoms with Gasteiger partial charge in [-0.1, -0.05) is 18.2 Å². The minimum Gasteiger partial charge on any atom is -0.497 e. The van der Waals surface area contributed by atoms with E-state index in [-0.39, 0.29) is 28.4 Å². The lowest BCUT2D eigenvalue weighted by molar-refractivity contribution is -0.112. The number of esters is 1. The maximum Gasteiger partial charge on any atom is 0.340 e. The quantitative estimate of drug-likeness (QED) is 0.225. The number of amides is 1. The molecule has 9 heteroatoms. The van der Waals surface area contributed by atoms with E-state index < -0.39 is 17.7 Å². The number of benzene rings is 2. The van der Waals surface area contributed by atoms with Gasteiger partial charge in [0.2, 0.25) is 0 Å². The Labute approximate surface area is 207 Å². The Balaban J connectivity index is 1.77. The van der Waals surface area contributed by atoms with Gasteiger partial charge in [0.05, 0.1) is 39.7 Å². The van der Waals surface area contributed by atoms with Gasteiger partial charge in [-0.2, -0.15) is 0 Å². The van der Waals surface area contributed by atoms with Crippen LogP contribution in [0.4, 0.5) is 5.69 Å². The first kappa shape index (κ1) is 24.3. The molecule has 0 aliphatic carbocycles. The zero-order chi connectivity index (χ0) is 25.8. The van der Waals surface area contributed by atoms with Crippen molar-refractivity contribution < 1.29 is 33.3 Å². The molecule has 0 saturated heterocycles. The van der Waals surface area contributed by atoms with Gasteiger partial charge in [-0.05, 0) is 35.9 Å². The molecule has 0 bridgehead atoms. The van der Waals surface area contributed by atoms with Crippen molar-refractivity contribution in [1.82, 2.24) is 4.40 Å². The van der Waals surface area contributed by atoms with Gasteiger partial charge in [0.25, 0.3) is 11.7 Å². The highest BCUT2D eigenvalue weighted by atomic mass is 16.5. The number of nitrogens with zero attached hydrogens (tertiary/aromatic N) is 1. The van der Waals surface area contributed by atoms with Crippen molar-refractivity contribution >= 4 is 28.9 Å². The van der Waals surface area contributed by atoms with E-state index in [1.807, 2.05) is 30.3 Å². The van der Waals surface area contributed by atoms with E-state index in [0.29, 0.717) is 11.3 Å². The fourth-order valence-corrected chi connectivity index (χ4v) is 3.89. The highest BCUT2D eigenvalue weighted by molar-refractivity contribution is 6.47. The Morgan fingerprint density at radius 3 is 2.14 bits per heavy atom. The number of rotatable bonds is 8. The number of carbonyl (C=O) groups excluding carboxylic acids is 3. The first-order valence-corrected chi connectivity index (χ1v) is 10.9. The number of aromatic nitrogens is 1. The number of pyridine rings is 1. The lowest BCUT2D eigenvalue weighted by Gasteiger charge is -2.14. The van der Waals surface area contributed by atoms with Crippen LogP contribution in [0.5, 0.6) is 17.2 Å². The van der Waals surface area contributed by atoms with Crippen molar-refractivity contribution in [2.75, 3.05) is 33.8 Å². The first-order chi connectivity index (χ1) is 17.4. The van der Waals surface area contributed by atoms with Crippen molar-refractivity contribution in [3.05, 3.63) is 78.1 Å². The summed E-state index contributed by atoms with van der Waals surface area (Å²) < 4.78 is 22.2. The largest absolute Gasteiger partial charge is 0.497 e. The summed E-state index contributed by atoms with van der Waals surface area (Å²) in [5, 5.41) is 2.54. The van der Waals surface area contributed by atoms with E-state index in [9.17, 15) is 14.4 Å². The molecule has 0 aliphatic rings. The van der Waals surface area contributed by atoms with E-state index in [2.05, 4.69) is 5.32 Å². The molecule has 4 rings (SSSR count). The molecule has 0 fully saturated rings. The zero-order valence-electron chi connectivity index (χ0n) is 20.2. The number of Topliss-reactive ketones (excluding diaryl/α,β-unsaturated/α-hetero) is 1. The van der Waals surface area contributed by atoms with Gasteiger partial charge in [-0.15, -0.1) is 0 Å². The Hall–Kier alpha value is -4.79. The number of ketones is 1. The van der Waals surface area contributed by atoms with Gasteiger partial charge in [0, 0.05) is 29.4 Å². The van der Waals surface area contributed by atoms with Crippen molar-refractivity contribution in [1.29, 1.82) is 0 Å². The van der Waals surface area contributed by atoms with Gasteiger partial charge in [0.1, 0.15) is 11.4 Å². The summed E-state index contributed by atoms with van der Waals surface area (Å²) in [4.78, 5) is 39.2. The summed E-state index contributed by atoms with van der Waals surface area (Å²) >= 11 is 0. The van der Waals surface area contributed by atoms with E-state index in [1.54, 1.807) is 35.9 Å². The Morgan fingerprint density at radius 2 is 1.50 bits per heavy atom. The standard InChI is InChI=1S/C27H24N2O7/c1-33-18-10-8-16(9-11-18)19-13-17-7-5-6-12-29(17)24(19)25(30)26(31)28-21-15-23(35-3)22(34-2)14-20(21)27(32)36-4/h5-15H,1-4H3,(H,28,31). The zero-order valence-corrected chi connectivity index (χ0v) is 20.2. The maximum atomic E-state index is 13.5. The third-order valence-corrected chi connectivity index (χ3v) is 5.68. The molecule has 4 aromatic rings. The maximum absolute atomic E-state index is 13.5. The summed E-state index contributed by atoms with van der Waals surface area (Å²) in [6, 6.07) is 17.2. The molecule has 184 valence electrons. The number of carbonyl (C=O) groups is 3.